The highest BCUT2D eigenvalue weighted by molar-refractivity contribution is 5.80. The number of hydrogen-bond acceptors (Lipinski definition) is 4. The summed E-state index contributed by atoms with van der Waals surface area (Å²) in [6.45, 7) is 4.80. The van der Waals surface area contributed by atoms with Gasteiger partial charge in [0.1, 0.15) is 11.5 Å². The first-order valence-corrected chi connectivity index (χ1v) is 9.06. The molecule has 0 bridgehead atoms. The maximum Gasteiger partial charge on any atom is 0.191 e. The fourth-order valence-corrected chi connectivity index (χ4v) is 3.08. The molecule has 0 amide bonds. The molecule has 1 aliphatic rings. The largest absolute Gasteiger partial charge is 0.493 e. The number of furan rings is 1. The average Bonchev–Trinajstić information content (AvgIpc) is 3.31. The summed E-state index contributed by atoms with van der Waals surface area (Å²) >= 11 is 0. The van der Waals surface area contributed by atoms with Crippen LogP contribution in [0.15, 0.2) is 52.1 Å². The maximum atomic E-state index is 5.81. The van der Waals surface area contributed by atoms with Gasteiger partial charge >= 0.3 is 0 Å². The molecule has 1 aromatic heterocycles. The number of hydrogen-bond donors (Lipinski definition) is 2. The summed E-state index contributed by atoms with van der Waals surface area (Å²) in [5.74, 6) is 3.02. The van der Waals surface area contributed by atoms with Crippen LogP contribution in [0.2, 0.25) is 0 Å². The topological polar surface area (TPSA) is 68.0 Å². The Labute approximate surface area is 154 Å². The normalized spacial score (nSPS) is 17.5. The van der Waals surface area contributed by atoms with Crippen molar-refractivity contribution in [3.05, 3.63) is 54.0 Å². The van der Waals surface area contributed by atoms with E-state index in [0.717, 1.165) is 30.4 Å². The third-order valence-corrected chi connectivity index (χ3v) is 4.51. The molecular weight excluding hydrogens is 330 g/mol. The number of nitrogens with one attached hydrogen (secondary N) is 2. The van der Waals surface area contributed by atoms with E-state index in [4.69, 9.17) is 13.9 Å². The van der Waals surface area contributed by atoms with Gasteiger partial charge in [-0.15, -0.1) is 0 Å². The zero-order chi connectivity index (χ0) is 18.2. The van der Waals surface area contributed by atoms with Gasteiger partial charge in [0.15, 0.2) is 5.96 Å². The second-order valence-electron chi connectivity index (χ2n) is 6.37. The monoisotopic (exact) mass is 357 g/mol. The van der Waals surface area contributed by atoms with E-state index in [1.165, 1.54) is 5.56 Å². The zero-order valence-corrected chi connectivity index (χ0v) is 15.4. The summed E-state index contributed by atoms with van der Waals surface area (Å²) in [5.41, 5.74) is 1.25. The molecule has 0 saturated carbocycles. The van der Waals surface area contributed by atoms with Crippen LogP contribution in [0.5, 0.6) is 5.75 Å². The Bertz CT molecular complexity index is 700. The molecule has 140 valence electrons. The van der Waals surface area contributed by atoms with Crippen LogP contribution in [-0.2, 0) is 11.2 Å². The second-order valence-corrected chi connectivity index (χ2v) is 6.37. The molecular formula is C20H27N3O3. The van der Waals surface area contributed by atoms with Crippen molar-refractivity contribution in [3.63, 3.8) is 0 Å². The Kier molecular flexibility index (Phi) is 6.55. The lowest BCUT2D eigenvalue weighted by Crippen LogP contribution is -2.45. The lowest BCUT2D eigenvalue weighted by Gasteiger charge is -2.23. The third kappa shape index (κ3) is 4.79. The van der Waals surface area contributed by atoms with Crippen LogP contribution < -0.4 is 15.4 Å². The molecule has 0 fully saturated rings. The van der Waals surface area contributed by atoms with Crippen LogP contribution in [0.3, 0.4) is 0 Å². The van der Waals surface area contributed by atoms with Gasteiger partial charge in [-0.25, -0.2) is 0 Å². The molecule has 1 aromatic carbocycles. The first kappa shape index (κ1) is 18.3. The van der Waals surface area contributed by atoms with Gasteiger partial charge in [-0.05, 0) is 25.1 Å². The van der Waals surface area contributed by atoms with E-state index >= 15 is 0 Å². The van der Waals surface area contributed by atoms with Crippen LogP contribution in [0.1, 0.15) is 24.2 Å². The van der Waals surface area contributed by atoms with Crippen LogP contribution >= 0.6 is 0 Å². The van der Waals surface area contributed by atoms with Gasteiger partial charge in [-0.2, -0.15) is 0 Å². The number of guanidine groups is 1. The molecule has 0 spiro atoms. The smallest absolute Gasteiger partial charge is 0.191 e. The summed E-state index contributed by atoms with van der Waals surface area (Å²) in [7, 11) is 1.68. The minimum Gasteiger partial charge on any atom is -0.493 e. The molecule has 2 N–H and O–H groups in total. The van der Waals surface area contributed by atoms with Gasteiger partial charge in [0.2, 0.25) is 0 Å². The Hall–Kier alpha value is -2.47. The molecule has 26 heavy (non-hydrogen) atoms. The number of benzene rings is 1. The number of fused-ring (bicyclic) bond motifs is 1. The highest BCUT2D eigenvalue weighted by Crippen LogP contribution is 2.35. The molecule has 2 unspecified atom stereocenters. The summed E-state index contributed by atoms with van der Waals surface area (Å²) < 4.78 is 16.3. The molecule has 3 rings (SSSR count). The van der Waals surface area contributed by atoms with Crippen molar-refractivity contribution < 1.29 is 13.9 Å². The number of aliphatic imine (C=N–C) groups is 1. The Morgan fingerprint density at radius 1 is 1.31 bits per heavy atom. The van der Waals surface area contributed by atoms with Crippen molar-refractivity contribution in [2.24, 2.45) is 4.99 Å². The molecule has 0 saturated heterocycles. The van der Waals surface area contributed by atoms with E-state index in [-0.39, 0.29) is 6.04 Å². The summed E-state index contributed by atoms with van der Waals surface area (Å²) in [5, 5.41) is 6.89. The van der Waals surface area contributed by atoms with E-state index in [1.54, 1.807) is 13.4 Å². The summed E-state index contributed by atoms with van der Waals surface area (Å²) in [6.07, 6.45) is 2.50. The lowest BCUT2D eigenvalue weighted by atomic mass is 9.94. The molecule has 6 nitrogen and oxygen atoms in total. The number of para-hydroxylation sites is 1. The van der Waals surface area contributed by atoms with Gasteiger partial charge in [0.25, 0.3) is 0 Å². The van der Waals surface area contributed by atoms with Crippen LogP contribution in [0.25, 0.3) is 0 Å². The van der Waals surface area contributed by atoms with Crippen molar-refractivity contribution in [1.29, 1.82) is 0 Å². The van der Waals surface area contributed by atoms with Gasteiger partial charge < -0.3 is 24.5 Å². The van der Waals surface area contributed by atoms with Gasteiger partial charge in [-0.3, -0.25) is 4.99 Å². The highest BCUT2D eigenvalue weighted by atomic mass is 16.5. The quantitative estimate of drug-likeness (QED) is 0.432. The van der Waals surface area contributed by atoms with Crippen LogP contribution in [0, 0.1) is 0 Å². The Morgan fingerprint density at radius 2 is 2.19 bits per heavy atom. The maximum absolute atomic E-state index is 5.81. The fourth-order valence-electron chi connectivity index (χ4n) is 3.08. The van der Waals surface area contributed by atoms with Crippen molar-refractivity contribution in [2.45, 2.75) is 25.3 Å². The third-order valence-electron chi connectivity index (χ3n) is 4.51. The molecule has 2 heterocycles. The Balaban J connectivity index is 1.58. The van der Waals surface area contributed by atoms with Crippen molar-refractivity contribution >= 4 is 5.96 Å². The van der Waals surface area contributed by atoms with Crippen LogP contribution in [0.4, 0.5) is 0 Å². The molecule has 1 aliphatic heterocycles. The fraction of sp³-hybridized carbons (Fsp3) is 0.450. The van der Waals surface area contributed by atoms with E-state index in [2.05, 4.69) is 34.7 Å². The average molecular weight is 357 g/mol. The predicted molar refractivity (Wildman–Crippen MR) is 102 cm³/mol. The first-order valence-electron chi connectivity index (χ1n) is 9.06. The molecule has 2 atom stereocenters. The van der Waals surface area contributed by atoms with E-state index < -0.39 is 0 Å². The SMILES string of the molecule is COCCN=C(NCCc1ccco1)NC(C)C1COc2ccccc21. The van der Waals surface area contributed by atoms with Crippen LogP contribution in [-0.4, -0.2) is 45.4 Å². The van der Waals surface area contributed by atoms with Gasteiger partial charge in [0, 0.05) is 37.6 Å². The number of methoxy groups -OCH3 is 1. The van der Waals surface area contributed by atoms with Crippen molar-refractivity contribution in [2.75, 3.05) is 33.4 Å². The first-order chi connectivity index (χ1) is 12.8. The van der Waals surface area contributed by atoms with Gasteiger partial charge in [-0.1, -0.05) is 18.2 Å². The molecule has 0 aliphatic carbocycles. The van der Waals surface area contributed by atoms with Crippen molar-refractivity contribution in [3.8, 4) is 5.75 Å². The minimum atomic E-state index is 0.191. The second kappa shape index (κ2) is 9.29. The van der Waals surface area contributed by atoms with E-state index in [1.807, 2.05) is 24.3 Å². The van der Waals surface area contributed by atoms with Crippen molar-refractivity contribution in [1.82, 2.24) is 10.6 Å². The standard InChI is InChI=1S/C20H27N3O3/c1-15(18-14-26-19-8-4-3-7-17(18)19)23-20(22-11-13-24-2)21-10-9-16-6-5-12-25-16/h3-8,12,15,18H,9-11,13-14H2,1-2H3,(H2,21,22,23). The summed E-state index contributed by atoms with van der Waals surface area (Å²) in [6, 6.07) is 12.3. The summed E-state index contributed by atoms with van der Waals surface area (Å²) in [4.78, 5) is 4.60. The Morgan fingerprint density at radius 3 is 3.00 bits per heavy atom. The predicted octanol–water partition coefficient (Wildman–Crippen LogP) is 2.57. The number of ether oxygens (including phenoxy) is 2. The molecule has 2 aromatic rings. The van der Waals surface area contributed by atoms with E-state index in [9.17, 15) is 0 Å². The number of nitrogens with zero attached hydrogens (tertiary/aromatic N) is 1. The van der Waals surface area contributed by atoms with Gasteiger partial charge in [0.05, 0.1) is 26.0 Å². The zero-order valence-electron chi connectivity index (χ0n) is 15.4. The molecule has 0 radical (unpaired) electrons. The highest BCUT2D eigenvalue weighted by Gasteiger charge is 2.29. The lowest BCUT2D eigenvalue weighted by molar-refractivity contribution is 0.207. The minimum absolute atomic E-state index is 0.191. The van der Waals surface area contributed by atoms with E-state index in [0.29, 0.717) is 25.7 Å². The number of rotatable bonds is 8. The molecule has 6 heteroatoms.